The normalized spacial score (nSPS) is 29.8. The van der Waals surface area contributed by atoms with E-state index in [0.717, 1.165) is 11.3 Å². The van der Waals surface area contributed by atoms with Crippen molar-refractivity contribution in [1.82, 2.24) is 20.9 Å². The molecule has 3 heterocycles. The minimum absolute atomic E-state index is 0.0504. The fourth-order valence-corrected chi connectivity index (χ4v) is 6.27. The SMILES string of the molecule is N#C[C@H](C[C@@H]1CCCNC1=O)NC(=O)[C@@H]1[C@@H]2CC[C@@H](CC2(F)F)N1C(=O)[C@@H](CC1CCC1)NC(=O)C(F)(F)F. The van der Waals surface area contributed by atoms with Crippen LogP contribution in [-0.2, 0) is 19.2 Å². The molecule has 2 bridgehead atoms. The number of halogens is 5. The van der Waals surface area contributed by atoms with Crippen LogP contribution in [0.3, 0.4) is 0 Å². The zero-order chi connectivity index (χ0) is 28.5. The van der Waals surface area contributed by atoms with E-state index in [2.05, 4.69) is 10.6 Å². The highest BCUT2D eigenvalue weighted by Crippen LogP contribution is 2.49. The molecule has 0 aromatic heterocycles. The molecule has 3 aliphatic heterocycles. The highest BCUT2D eigenvalue weighted by atomic mass is 19.4. The maximum Gasteiger partial charge on any atom is 0.471 e. The average molecular weight is 562 g/mol. The molecule has 0 aromatic carbocycles. The van der Waals surface area contributed by atoms with Crippen LogP contribution in [0.4, 0.5) is 22.0 Å². The van der Waals surface area contributed by atoms with Gasteiger partial charge in [0.1, 0.15) is 18.1 Å². The summed E-state index contributed by atoms with van der Waals surface area (Å²) < 4.78 is 69.1. The van der Waals surface area contributed by atoms with Crippen LogP contribution in [-0.4, -0.2) is 71.3 Å². The van der Waals surface area contributed by atoms with Crippen LogP contribution in [0.5, 0.6) is 0 Å². The van der Waals surface area contributed by atoms with Crippen molar-refractivity contribution >= 4 is 23.6 Å². The number of piperidine rings is 3. The van der Waals surface area contributed by atoms with Gasteiger partial charge in [-0.15, -0.1) is 0 Å². The third kappa shape index (κ3) is 6.27. The Morgan fingerprint density at radius 3 is 2.36 bits per heavy atom. The number of rotatable bonds is 8. The van der Waals surface area contributed by atoms with Crippen molar-refractivity contribution in [2.24, 2.45) is 17.8 Å². The van der Waals surface area contributed by atoms with E-state index >= 15 is 0 Å². The third-order valence-electron chi connectivity index (χ3n) is 8.51. The van der Waals surface area contributed by atoms with E-state index in [1.165, 1.54) is 0 Å². The molecule has 0 unspecified atom stereocenters. The van der Waals surface area contributed by atoms with Gasteiger partial charge in [-0.05, 0) is 44.4 Å². The Bertz CT molecular complexity index is 1030. The van der Waals surface area contributed by atoms with Crippen LogP contribution in [0, 0.1) is 29.1 Å². The molecule has 5 rings (SSSR count). The van der Waals surface area contributed by atoms with Gasteiger partial charge in [0.25, 0.3) is 5.92 Å². The number of fused-ring (bicyclic) bond motifs is 3. The van der Waals surface area contributed by atoms with E-state index in [4.69, 9.17) is 0 Å². The van der Waals surface area contributed by atoms with Crippen LogP contribution in [0.25, 0.3) is 0 Å². The maximum absolute atomic E-state index is 15.0. The molecule has 0 aromatic rings. The van der Waals surface area contributed by atoms with Gasteiger partial charge in [0, 0.05) is 24.9 Å². The Hall–Kier alpha value is -2.98. The molecule has 4 amide bonds. The first-order chi connectivity index (χ1) is 18.3. The van der Waals surface area contributed by atoms with E-state index in [-0.39, 0.29) is 37.5 Å². The summed E-state index contributed by atoms with van der Waals surface area (Å²) in [6.07, 6.45) is -2.84. The number of nitriles is 1. The quantitative estimate of drug-likeness (QED) is 0.391. The van der Waals surface area contributed by atoms with E-state index in [1.54, 1.807) is 5.32 Å². The molecule has 0 spiro atoms. The number of nitrogens with one attached hydrogen (secondary N) is 3. The maximum atomic E-state index is 15.0. The molecule has 14 heteroatoms. The molecule has 0 radical (unpaired) electrons. The van der Waals surface area contributed by atoms with Gasteiger partial charge < -0.3 is 20.9 Å². The lowest BCUT2D eigenvalue weighted by molar-refractivity contribution is -0.196. The van der Waals surface area contributed by atoms with Gasteiger partial charge in [-0.1, -0.05) is 19.3 Å². The van der Waals surface area contributed by atoms with Crippen molar-refractivity contribution < 1.29 is 41.1 Å². The van der Waals surface area contributed by atoms with E-state index in [1.807, 2.05) is 6.07 Å². The van der Waals surface area contributed by atoms with Crippen molar-refractivity contribution in [3.8, 4) is 6.07 Å². The molecule has 6 atom stereocenters. The first-order valence-electron chi connectivity index (χ1n) is 13.4. The van der Waals surface area contributed by atoms with Gasteiger partial charge >= 0.3 is 12.1 Å². The number of hydrogen-bond acceptors (Lipinski definition) is 5. The lowest BCUT2D eigenvalue weighted by Gasteiger charge is -2.54. The lowest BCUT2D eigenvalue weighted by atomic mass is 9.71. The second-order valence-corrected chi connectivity index (χ2v) is 11.1. The second-order valence-electron chi connectivity index (χ2n) is 11.1. The molecular formula is C25H32F5N5O4. The van der Waals surface area contributed by atoms with E-state index < -0.39 is 72.2 Å². The molecular weight excluding hydrogens is 529 g/mol. The van der Waals surface area contributed by atoms with Gasteiger partial charge in [-0.3, -0.25) is 19.2 Å². The Morgan fingerprint density at radius 2 is 1.79 bits per heavy atom. The minimum Gasteiger partial charge on any atom is -0.356 e. The Balaban J connectivity index is 1.57. The van der Waals surface area contributed by atoms with Gasteiger partial charge in [0.15, 0.2) is 0 Å². The molecule has 3 saturated heterocycles. The molecule has 2 aliphatic carbocycles. The van der Waals surface area contributed by atoms with Crippen molar-refractivity contribution in [3.63, 3.8) is 0 Å². The molecule has 2 saturated carbocycles. The topological polar surface area (TPSA) is 131 Å². The number of carbonyl (C=O) groups excluding carboxylic acids is 4. The van der Waals surface area contributed by atoms with Gasteiger partial charge in [0.2, 0.25) is 17.7 Å². The minimum atomic E-state index is -5.26. The summed E-state index contributed by atoms with van der Waals surface area (Å²) in [6, 6.07) is -3.82. The van der Waals surface area contributed by atoms with Crippen molar-refractivity contribution in [3.05, 3.63) is 0 Å². The number of amides is 4. The molecule has 216 valence electrons. The van der Waals surface area contributed by atoms with Crippen LogP contribution in [0.1, 0.15) is 64.2 Å². The van der Waals surface area contributed by atoms with Gasteiger partial charge in [-0.2, -0.15) is 18.4 Å². The van der Waals surface area contributed by atoms with Crippen LogP contribution >= 0.6 is 0 Å². The predicted octanol–water partition coefficient (Wildman–Crippen LogP) is 2.16. The van der Waals surface area contributed by atoms with Gasteiger partial charge in [-0.25, -0.2) is 8.78 Å². The Kier molecular flexibility index (Phi) is 8.37. The smallest absolute Gasteiger partial charge is 0.356 e. The summed E-state index contributed by atoms with van der Waals surface area (Å²) in [7, 11) is 0. The molecule has 9 nitrogen and oxygen atoms in total. The first kappa shape index (κ1) is 29.0. The fraction of sp³-hybridized carbons (Fsp3) is 0.800. The zero-order valence-corrected chi connectivity index (χ0v) is 21.2. The summed E-state index contributed by atoms with van der Waals surface area (Å²) >= 11 is 0. The molecule has 5 aliphatic rings. The van der Waals surface area contributed by atoms with Crippen molar-refractivity contribution in [2.45, 2.75) is 100 Å². The van der Waals surface area contributed by atoms with Crippen molar-refractivity contribution in [1.29, 1.82) is 5.26 Å². The summed E-state index contributed by atoms with van der Waals surface area (Å²) in [5.41, 5.74) is 0. The second kappa shape index (κ2) is 11.3. The number of alkyl halides is 5. The van der Waals surface area contributed by atoms with Crippen LogP contribution in [0.2, 0.25) is 0 Å². The zero-order valence-electron chi connectivity index (χ0n) is 21.2. The molecule has 3 N–H and O–H groups in total. The predicted molar refractivity (Wildman–Crippen MR) is 125 cm³/mol. The van der Waals surface area contributed by atoms with Gasteiger partial charge in [0.05, 0.1) is 12.0 Å². The molecule has 39 heavy (non-hydrogen) atoms. The van der Waals surface area contributed by atoms with Crippen molar-refractivity contribution in [2.75, 3.05) is 6.54 Å². The number of hydrogen-bond donors (Lipinski definition) is 3. The first-order valence-corrected chi connectivity index (χ1v) is 13.4. The Labute approximate surface area is 222 Å². The highest BCUT2D eigenvalue weighted by Gasteiger charge is 2.61. The van der Waals surface area contributed by atoms with E-state index in [9.17, 15) is 46.4 Å². The average Bonchev–Trinajstić information content (AvgIpc) is 2.84. The summed E-state index contributed by atoms with van der Waals surface area (Å²) in [5, 5.41) is 16.4. The lowest BCUT2D eigenvalue weighted by Crippen LogP contribution is -2.71. The monoisotopic (exact) mass is 561 g/mol. The largest absolute Gasteiger partial charge is 0.471 e. The number of nitrogens with zero attached hydrogens (tertiary/aromatic N) is 2. The Morgan fingerprint density at radius 1 is 1.08 bits per heavy atom. The fourth-order valence-electron chi connectivity index (χ4n) is 6.27. The summed E-state index contributed by atoms with van der Waals surface area (Å²) in [5.74, 6) is -10.2. The van der Waals surface area contributed by atoms with Crippen LogP contribution in [0.15, 0.2) is 0 Å². The van der Waals surface area contributed by atoms with E-state index in [0.29, 0.717) is 32.2 Å². The summed E-state index contributed by atoms with van der Waals surface area (Å²) in [4.78, 5) is 51.9. The summed E-state index contributed by atoms with van der Waals surface area (Å²) in [6.45, 7) is 0.489. The third-order valence-corrected chi connectivity index (χ3v) is 8.51. The standard InChI is InChI=1S/C25H32F5N5O4/c26-24(27)11-16-6-7-17(24)19(21(37)33-15(12-31)10-14-5-2-8-32-20(14)36)35(16)22(38)18(9-13-3-1-4-13)34-23(39)25(28,29)30/h13-19H,1-11H2,(H,32,36)(H,33,37)(H,34,39)/t14-,15-,16-,17-,18+,19-/m0/s1. The number of carbonyl (C=O) groups is 4. The van der Waals surface area contributed by atoms with Crippen LogP contribution < -0.4 is 16.0 Å². The molecule has 5 fully saturated rings. The highest BCUT2D eigenvalue weighted by molar-refractivity contribution is 5.94.